The highest BCUT2D eigenvalue weighted by Crippen LogP contribution is 2.11. The van der Waals surface area contributed by atoms with E-state index in [1.165, 1.54) is 6.92 Å². The van der Waals surface area contributed by atoms with E-state index in [0.29, 0.717) is 6.42 Å². The fraction of sp³-hybridized carbons (Fsp3) is 0.455. The predicted molar refractivity (Wildman–Crippen MR) is 72.8 cm³/mol. The van der Waals surface area contributed by atoms with Crippen molar-refractivity contribution in [3.63, 3.8) is 0 Å². The summed E-state index contributed by atoms with van der Waals surface area (Å²) in [7, 11) is 0. The minimum Gasteiger partial charge on any atom is -0.494 e. The van der Waals surface area contributed by atoms with E-state index in [1.807, 2.05) is 12.3 Å². The zero-order valence-corrected chi connectivity index (χ0v) is 11.3. The van der Waals surface area contributed by atoms with Gasteiger partial charge in [0.15, 0.2) is 0 Å². The maximum Gasteiger partial charge on any atom is 0.332 e. The molecule has 1 aromatic rings. The number of hydrogen-bond acceptors (Lipinski definition) is 5. The van der Waals surface area contributed by atoms with Crippen molar-refractivity contribution >= 4 is 11.7 Å². The normalized spacial score (nSPS) is 11.4. The van der Waals surface area contributed by atoms with Gasteiger partial charge in [0.2, 0.25) is 5.88 Å². The second-order valence-electron chi connectivity index (χ2n) is 4.14. The smallest absolute Gasteiger partial charge is 0.332 e. The number of hydrogen-bond donors (Lipinski definition) is 4. The SMILES string of the molecule is CCCCn1c(O)c(C(C)=NNC(N)=O)c(=O)[nH]c1=O. The maximum atomic E-state index is 11.7. The summed E-state index contributed by atoms with van der Waals surface area (Å²) in [4.78, 5) is 36.0. The number of aromatic nitrogens is 2. The lowest BCUT2D eigenvalue weighted by molar-refractivity contribution is 0.249. The first kappa shape index (κ1) is 15.5. The summed E-state index contributed by atoms with van der Waals surface area (Å²) in [5.74, 6) is -0.486. The van der Waals surface area contributed by atoms with Crippen LogP contribution in [0.2, 0.25) is 0 Å². The number of carbonyl (C=O) groups is 1. The largest absolute Gasteiger partial charge is 0.494 e. The van der Waals surface area contributed by atoms with Gasteiger partial charge in [0, 0.05) is 6.54 Å². The van der Waals surface area contributed by atoms with Gasteiger partial charge >= 0.3 is 11.7 Å². The first-order chi connectivity index (χ1) is 9.38. The fourth-order valence-corrected chi connectivity index (χ4v) is 1.60. The Morgan fingerprint density at radius 3 is 2.70 bits per heavy atom. The van der Waals surface area contributed by atoms with Crippen LogP contribution in [0.15, 0.2) is 14.7 Å². The molecule has 0 aliphatic rings. The van der Waals surface area contributed by atoms with Gasteiger partial charge in [0.1, 0.15) is 5.56 Å². The molecule has 0 atom stereocenters. The molecule has 20 heavy (non-hydrogen) atoms. The molecule has 110 valence electrons. The van der Waals surface area contributed by atoms with Crippen molar-refractivity contribution in [2.24, 2.45) is 10.8 Å². The monoisotopic (exact) mass is 283 g/mol. The number of rotatable bonds is 5. The summed E-state index contributed by atoms with van der Waals surface area (Å²) in [6.07, 6.45) is 1.48. The minimum atomic E-state index is -0.903. The number of amides is 2. The number of H-pyrrole nitrogens is 1. The Kier molecular flexibility index (Phi) is 5.07. The Morgan fingerprint density at radius 1 is 1.50 bits per heavy atom. The minimum absolute atomic E-state index is 0.0350. The highest BCUT2D eigenvalue weighted by atomic mass is 16.3. The van der Waals surface area contributed by atoms with Crippen molar-refractivity contribution in [3.05, 3.63) is 26.4 Å². The second kappa shape index (κ2) is 6.55. The molecule has 0 saturated heterocycles. The number of nitrogens with one attached hydrogen (secondary N) is 2. The van der Waals surface area contributed by atoms with Crippen molar-refractivity contribution in [2.75, 3.05) is 0 Å². The number of urea groups is 1. The van der Waals surface area contributed by atoms with Crippen LogP contribution in [0, 0.1) is 0 Å². The molecule has 0 aromatic carbocycles. The molecule has 1 heterocycles. The predicted octanol–water partition coefficient (Wildman–Crippen LogP) is -0.565. The molecule has 9 heteroatoms. The van der Waals surface area contributed by atoms with Crippen LogP contribution in [0.25, 0.3) is 0 Å². The van der Waals surface area contributed by atoms with Crippen molar-refractivity contribution < 1.29 is 9.90 Å². The van der Waals surface area contributed by atoms with E-state index in [-0.39, 0.29) is 17.8 Å². The van der Waals surface area contributed by atoms with Gasteiger partial charge in [-0.15, -0.1) is 0 Å². The molecular formula is C11H17N5O4. The summed E-state index contributed by atoms with van der Waals surface area (Å²) in [6.45, 7) is 3.59. The molecule has 1 aromatic heterocycles. The van der Waals surface area contributed by atoms with Gasteiger partial charge in [-0.05, 0) is 13.3 Å². The van der Waals surface area contributed by atoms with Gasteiger partial charge in [-0.2, -0.15) is 5.10 Å². The standard InChI is InChI=1S/C11H17N5O4/c1-3-4-5-16-9(18)7(8(17)13-11(16)20)6(2)14-15-10(12)19/h18H,3-5H2,1-2H3,(H3,12,15,19)(H,13,17,20). The van der Waals surface area contributed by atoms with Crippen LogP contribution in [0.4, 0.5) is 4.79 Å². The third-order valence-electron chi connectivity index (χ3n) is 2.60. The molecule has 0 aliphatic carbocycles. The number of primary amides is 1. The van der Waals surface area contributed by atoms with Crippen LogP contribution in [-0.4, -0.2) is 26.4 Å². The lowest BCUT2D eigenvalue weighted by Crippen LogP contribution is -2.34. The molecule has 0 unspecified atom stereocenters. The zero-order valence-electron chi connectivity index (χ0n) is 11.3. The number of nitrogens with zero attached hydrogens (tertiary/aromatic N) is 2. The van der Waals surface area contributed by atoms with Gasteiger partial charge in [-0.1, -0.05) is 13.3 Å². The van der Waals surface area contributed by atoms with Crippen LogP contribution >= 0.6 is 0 Å². The van der Waals surface area contributed by atoms with Crippen LogP contribution < -0.4 is 22.4 Å². The first-order valence-electron chi connectivity index (χ1n) is 6.04. The average Bonchev–Trinajstić information content (AvgIpc) is 2.35. The Hall–Kier alpha value is -2.58. The molecule has 9 nitrogen and oxygen atoms in total. The molecule has 0 fully saturated rings. The maximum absolute atomic E-state index is 11.7. The van der Waals surface area contributed by atoms with E-state index in [4.69, 9.17) is 5.73 Å². The van der Waals surface area contributed by atoms with Gasteiger partial charge in [0.25, 0.3) is 5.56 Å². The summed E-state index contributed by atoms with van der Waals surface area (Å²) in [6, 6.07) is -0.903. The molecule has 2 amide bonds. The first-order valence-corrected chi connectivity index (χ1v) is 6.04. The fourth-order valence-electron chi connectivity index (χ4n) is 1.60. The highest BCUT2D eigenvalue weighted by molar-refractivity contribution is 6.00. The number of aromatic hydroxyl groups is 1. The average molecular weight is 283 g/mol. The summed E-state index contributed by atoms with van der Waals surface area (Å²) in [5, 5.41) is 13.6. The van der Waals surface area contributed by atoms with Crippen LogP contribution in [-0.2, 0) is 6.54 Å². The van der Waals surface area contributed by atoms with E-state index in [1.54, 1.807) is 0 Å². The Labute approximate surface area is 114 Å². The van der Waals surface area contributed by atoms with Gasteiger partial charge < -0.3 is 10.8 Å². The quantitative estimate of drug-likeness (QED) is 0.424. The lowest BCUT2D eigenvalue weighted by atomic mass is 10.2. The number of nitrogens with two attached hydrogens (primary N) is 1. The van der Waals surface area contributed by atoms with Gasteiger partial charge in [0.05, 0.1) is 5.71 Å². The van der Waals surface area contributed by atoms with Crippen molar-refractivity contribution in [2.45, 2.75) is 33.2 Å². The molecule has 5 N–H and O–H groups in total. The van der Waals surface area contributed by atoms with E-state index >= 15 is 0 Å². The van der Waals surface area contributed by atoms with E-state index in [0.717, 1.165) is 11.0 Å². The third kappa shape index (κ3) is 3.46. The molecule has 1 rings (SSSR count). The molecule has 0 bridgehead atoms. The lowest BCUT2D eigenvalue weighted by Gasteiger charge is -2.10. The Bertz CT molecular complexity index is 643. The highest BCUT2D eigenvalue weighted by Gasteiger charge is 2.16. The summed E-state index contributed by atoms with van der Waals surface area (Å²) in [5.41, 5.74) is 5.18. The van der Waals surface area contributed by atoms with Gasteiger partial charge in [-0.25, -0.2) is 15.0 Å². The number of carbonyl (C=O) groups excluding carboxylic acids is 1. The molecule has 0 saturated carbocycles. The van der Waals surface area contributed by atoms with Crippen LogP contribution in [0.3, 0.4) is 0 Å². The van der Waals surface area contributed by atoms with E-state index in [2.05, 4.69) is 10.1 Å². The van der Waals surface area contributed by atoms with Crippen LogP contribution in [0.1, 0.15) is 32.3 Å². The van der Waals surface area contributed by atoms with Crippen molar-refractivity contribution in [1.82, 2.24) is 15.0 Å². The number of aromatic amines is 1. The van der Waals surface area contributed by atoms with Crippen molar-refractivity contribution in [1.29, 1.82) is 0 Å². The topological polar surface area (TPSA) is 143 Å². The Balaban J connectivity index is 3.33. The number of unbranched alkanes of at least 4 members (excludes halogenated alkanes) is 1. The summed E-state index contributed by atoms with van der Waals surface area (Å²) >= 11 is 0. The zero-order chi connectivity index (χ0) is 15.3. The molecule has 0 radical (unpaired) electrons. The third-order valence-corrected chi connectivity index (χ3v) is 2.60. The van der Waals surface area contributed by atoms with E-state index < -0.39 is 23.2 Å². The Morgan fingerprint density at radius 2 is 2.15 bits per heavy atom. The van der Waals surface area contributed by atoms with Gasteiger partial charge in [-0.3, -0.25) is 14.3 Å². The molecular weight excluding hydrogens is 266 g/mol. The number of hydrazone groups is 1. The van der Waals surface area contributed by atoms with E-state index in [9.17, 15) is 19.5 Å². The van der Waals surface area contributed by atoms with Crippen molar-refractivity contribution in [3.8, 4) is 5.88 Å². The molecule has 0 spiro atoms. The van der Waals surface area contributed by atoms with Crippen LogP contribution in [0.5, 0.6) is 5.88 Å². The molecule has 0 aliphatic heterocycles. The second-order valence-corrected chi connectivity index (χ2v) is 4.14. The summed E-state index contributed by atoms with van der Waals surface area (Å²) < 4.78 is 1.05.